The van der Waals surface area contributed by atoms with Gasteiger partial charge in [0.15, 0.2) is 0 Å². The zero-order valence-corrected chi connectivity index (χ0v) is 10.7. The molecular formula is C7H6BrN2OY-. The first-order valence-corrected chi connectivity index (χ1v) is 3.72. The summed E-state index contributed by atoms with van der Waals surface area (Å²) in [5.74, 6) is 0.146. The van der Waals surface area contributed by atoms with Gasteiger partial charge in [-0.25, -0.2) is 4.98 Å². The Morgan fingerprint density at radius 3 is 2.67 bits per heavy atom. The molecule has 0 aliphatic carbocycles. The Bertz CT molecular complexity index is 263. The molecule has 1 N–H and O–H groups in total. The molecule has 12 heavy (non-hydrogen) atoms. The van der Waals surface area contributed by atoms with Crippen molar-refractivity contribution in [2.75, 3.05) is 5.32 Å². The van der Waals surface area contributed by atoms with Gasteiger partial charge in [0.1, 0.15) is 5.82 Å². The van der Waals surface area contributed by atoms with Crippen molar-refractivity contribution >= 4 is 27.7 Å². The van der Waals surface area contributed by atoms with Gasteiger partial charge in [-0.05, 0) is 28.1 Å². The van der Waals surface area contributed by atoms with E-state index in [1.165, 1.54) is 0 Å². The van der Waals surface area contributed by atoms with Crippen LogP contribution in [0.3, 0.4) is 0 Å². The molecule has 1 rings (SSSR count). The van der Waals surface area contributed by atoms with Gasteiger partial charge < -0.3 is 17.0 Å². The van der Waals surface area contributed by atoms with Gasteiger partial charge in [0.05, 0.1) is 5.91 Å². The standard InChI is InChI=1S/C7H6BrN2O.Y/c1-5(11)10-7-3-2-6(8)4-9-7;/h2-4H,1H2,(H,9,10,11);/q-1;. The molecule has 61 valence electrons. The third-order valence-corrected chi connectivity index (χ3v) is 1.46. The van der Waals surface area contributed by atoms with E-state index < -0.39 is 0 Å². The normalized spacial score (nSPS) is 8.42. The van der Waals surface area contributed by atoms with E-state index in [-0.39, 0.29) is 38.6 Å². The molecule has 0 fully saturated rings. The number of anilines is 1. The predicted octanol–water partition coefficient (Wildman–Crippen LogP) is 1.61. The summed E-state index contributed by atoms with van der Waals surface area (Å²) in [5.41, 5.74) is 0. The zero-order chi connectivity index (χ0) is 8.27. The molecule has 1 aromatic rings. The van der Waals surface area contributed by atoms with Crippen LogP contribution in [0, 0.1) is 6.92 Å². The molecule has 1 heterocycles. The largest absolute Gasteiger partial charge is 0.336 e. The molecule has 1 aromatic heterocycles. The molecule has 0 saturated carbocycles. The van der Waals surface area contributed by atoms with Crippen LogP contribution in [-0.2, 0) is 37.5 Å². The van der Waals surface area contributed by atoms with Gasteiger partial charge >= 0.3 is 0 Å². The van der Waals surface area contributed by atoms with Crippen LogP contribution in [0.4, 0.5) is 5.82 Å². The topological polar surface area (TPSA) is 42.0 Å². The van der Waals surface area contributed by atoms with Crippen LogP contribution in [0.25, 0.3) is 0 Å². The van der Waals surface area contributed by atoms with E-state index in [2.05, 4.69) is 33.2 Å². The SMILES string of the molecule is [CH2-]C(=O)Nc1ccc(Br)cn1.[Y]. The van der Waals surface area contributed by atoms with Gasteiger partial charge in [-0.3, -0.25) is 0 Å². The van der Waals surface area contributed by atoms with E-state index in [0.717, 1.165) is 4.47 Å². The van der Waals surface area contributed by atoms with E-state index in [1.807, 2.05) is 0 Å². The smallest absolute Gasteiger partial charge is 0.130 e. The Hall–Kier alpha value is 0.0739. The summed E-state index contributed by atoms with van der Waals surface area (Å²) >= 11 is 3.22. The zero-order valence-electron chi connectivity index (χ0n) is 6.25. The summed E-state index contributed by atoms with van der Waals surface area (Å²) in [5, 5.41) is 2.45. The summed E-state index contributed by atoms with van der Waals surface area (Å²) < 4.78 is 0.875. The predicted molar refractivity (Wildman–Crippen MR) is 45.9 cm³/mol. The number of rotatable bonds is 1. The second-order valence-electron chi connectivity index (χ2n) is 1.91. The van der Waals surface area contributed by atoms with Gasteiger partial charge in [0.25, 0.3) is 0 Å². The monoisotopic (exact) mass is 302 g/mol. The summed E-state index contributed by atoms with van der Waals surface area (Å²) in [7, 11) is 0. The minimum atomic E-state index is -0.361. The number of carbonyl (C=O) groups is 1. The van der Waals surface area contributed by atoms with Crippen molar-refractivity contribution in [3.63, 3.8) is 0 Å². The Labute approximate surface area is 104 Å². The fraction of sp³-hybridized carbons (Fsp3) is 0. The summed E-state index contributed by atoms with van der Waals surface area (Å²) in [4.78, 5) is 14.3. The molecule has 0 aliphatic heterocycles. The summed E-state index contributed by atoms with van der Waals surface area (Å²) in [6.07, 6.45) is 1.60. The van der Waals surface area contributed by atoms with Crippen LogP contribution in [0.15, 0.2) is 22.8 Å². The van der Waals surface area contributed by atoms with E-state index in [4.69, 9.17) is 0 Å². The van der Waals surface area contributed by atoms with Crippen molar-refractivity contribution in [1.82, 2.24) is 4.98 Å². The van der Waals surface area contributed by atoms with Crippen LogP contribution in [0.5, 0.6) is 0 Å². The van der Waals surface area contributed by atoms with Crippen molar-refractivity contribution in [3.05, 3.63) is 29.7 Å². The third-order valence-electron chi connectivity index (χ3n) is 0.995. The number of hydrogen-bond acceptors (Lipinski definition) is 2. The van der Waals surface area contributed by atoms with Crippen LogP contribution in [0.2, 0.25) is 0 Å². The van der Waals surface area contributed by atoms with E-state index in [1.54, 1.807) is 18.3 Å². The summed E-state index contributed by atoms with van der Waals surface area (Å²) in [6, 6.07) is 3.48. The number of hydrogen-bond donors (Lipinski definition) is 1. The maximum absolute atomic E-state index is 10.4. The molecule has 0 spiro atoms. The third kappa shape index (κ3) is 4.19. The number of carbonyl (C=O) groups excluding carboxylic acids is 1. The first kappa shape index (κ1) is 12.1. The minimum Gasteiger partial charge on any atom is -0.336 e. The minimum absolute atomic E-state index is 0. The van der Waals surface area contributed by atoms with Gasteiger partial charge in [-0.15, -0.1) is 0 Å². The van der Waals surface area contributed by atoms with Crippen molar-refractivity contribution < 1.29 is 37.5 Å². The number of nitrogens with one attached hydrogen (secondary N) is 1. The van der Waals surface area contributed by atoms with E-state index >= 15 is 0 Å². The number of pyridine rings is 1. The first-order chi connectivity index (χ1) is 5.18. The molecule has 0 aromatic carbocycles. The second-order valence-corrected chi connectivity index (χ2v) is 2.83. The number of aromatic nitrogens is 1. The van der Waals surface area contributed by atoms with Crippen molar-refractivity contribution in [1.29, 1.82) is 0 Å². The molecule has 5 heteroatoms. The van der Waals surface area contributed by atoms with E-state index in [0.29, 0.717) is 5.82 Å². The molecule has 0 unspecified atom stereocenters. The van der Waals surface area contributed by atoms with Gasteiger partial charge in [-0.1, -0.05) is 0 Å². The number of amides is 1. The maximum atomic E-state index is 10.4. The average Bonchev–Trinajstić information content (AvgIpc) is 1.93. The Balaban J connectivity index is 0.00000121. The number of nitrogens with zero attached hydrogens (tertiary/aromatic N) is 1. The molecule has 0 bridgehead atoms. The Morgan fingerprint density at radius 2 is 2.25 bits per heavy atom. The van der Waals surface area contributed by atoms with Gasteiger partial charge in [-0.2, -0.15) is 0 Å². The molecule has 1 amide bonds. The quantitative estimate of drug-likeness (QED) is 0.801. The van der Waals surface area contributed by atoms with E-state index in [9.17, 15) is 4.79 Å². The summed E-state index contributed by atoms with van der Waals surface area (Å²) in [6.45, 7) is 3.15. The molecule has 3 nitrogen and oxygen atoms in total. The molecule has 1 radical (unpaired) electrons. The van der Waals surface area contributed by atoms with Gasteiger partial charge in [0.2, 0.25) is 0 Å². The van der Waals surface area contributed by atoms with Crippen LogP contribution < -0.4 is 5.32 Å². The first-order valence-electron chi connectivity index (χ1n) is 2.93. The van der Waals surface area contributed by atoms with Crippen molar-refractivity contribution in [2.24, 2.45) is 0 Å². The molecular weight excluding hydrogens is 297 g/mol. The van der Waals surface area contributed by atoms with Crippen molar-refractivity contribution in [2.45, 2.75) is 0 Å². The number of halogens is 1. The maximum Gasteiger partial charge on any atom is 0.130 e. The fourth-order valence-corrected chi connectivity index (χ4v) is 0.827. The fourth-order valence-electron chi connectivity index (χ4n) is 0.593. The van der Waals surface area contributed by atoms with Crippen molar-refractivity contribution in [3.8, 4) is 0 Å². The molecule has 0 aliphatic rings. The molecule has 0 atom stereocenters. The molecule has 0 saturated heterocycles. The van der Waals surface area contributed by atoms with Crippen LogP contribution >= 0.6 is 15.9 Å². The average molecular weight is 303 g/mol. The van der Waals surface area contributed by atoms with Crippen LogP contribution in [0.1, 0.15) is 0 Å². The van der Waals surface area contributed by atoms with Gasteiger partial charge in [0, 0.05) is 43.4 Å². The Kier molecular flexibility index (Phi) is 5.71. The van der Waals surface area contributed by atoms with Crippen LogP contribution in [-0.4, -0.2) is 10.9 Å². The Morgan fingerprint density at radius 1 is 1.58 bits per heavy atom. The second kappa shape index (κ2) is 5.67.